The number of piperidine rings is 1. The normalized spacial score (nSPS) is 15.9. The summed E-state index contributed by atoms with van der Waals surface area (Å²) in [6.45, 7) is 7.45. The lowest BCUT2D eigenvalue weighted by Gasteiger charge is -2.32. The Kier molecular flexibility index (Phi) is 7.13. The Bertz CT molecular complexity index is 820. The van der Waals surface area contributed by atoms with Gasteiger partial charge in [0.1, 0.15) is 5.69 Å². The number of benzene rings is 1. The summed E-state index contributed by atoms with van der Waals surface area (Å²) in [5.74, 6) is 0.561. The molecule has 2 heterocycles. The third kappa shape index (κ3) is 5.96. The van der Waals surface area contributed by atoms with Gasteiger partial charge in [-0.05, 0) is 69.6 Å². The summed E-state index contributed by atoms with van der Waals surface area (Å²) in [6, 6.07) is 12.5. The van der Waals surface area contributed by atoms with Gasteiger partial charge in [-0.2, -0.15) is 0 Å². The minimum absolute atomic E-state index is 0.0769. The van der Waals surface area contributed by atoms with Crippen molar-refractivity contribution in [1.29, 1.82) is 0 Å². The van der Waals surface area contributed by atoms with E-state index in [9.17, 15) is 9.59 Å². The van der Waals surface area contributed by atoms with Crippen LogP contribution >= 0.6 is 0 Å². The first kappa shape index (κ1) is 21.2. The van der Waals surface area contributed by atoms with Gasteiger partial charge >= 0.3 is 0 Å². The van der Waals surface area contributed by atoms with Crippen molar-refractivity contribution in [2.24, 2.45) is 5.92 Å². The molecule has 1 atom stereocenters. The summed E-state index contributed by atoms with van der Waals surface area (Å²) in [7, 11) is 0. The van der Waals surface area contributed by atoms with E-state index >= 15 is 0 Å². The van der Waals surface area contributed by atoms with Crippen LogP contribution in [-0.4, -0.2) is 40.8 Å². The highest BCUT2D eigenvalue weighted by molar-refractivity contribution is 5.94. The van der Waals surface area contributed by atoms with Crippen LogP contribution in [0.4, 0.5) is 0 Å². The number of amides is 2. The molecular weight excluding hydrogens is 362 g/mol. The average Bonchev–Trinajstić information content (AvgIpc) is 3.05. The van der Waals surface area contributed by atoms with E-state index in [-0.39, 0.29) is 17.9 Å². The fraction of sp³-hybridized carbons (Fsp3) is 0.500. The summed E-state index contributed by atoms with van der Waals surface area (Å²) in [6.07, 6.45) is 4.24. The van der Waals surface area contributed by atoms with Gasteiger partial charge in [0, 0.05) is 31.2 Å². The van der Waals surface area contributed by atoms with Gasteiger partial charge in [-0.15, -0.1) is 0 Å². The predicted molar refractivity (Wildman–Crippen MR) is 116 cm³/mol. The molecule has 1 aromatic heterocycles. The number of nitrogens with zero attached hydrogens (tertiary/aromatic N) is 1. The summed E-state index contributed by atoms with van der Waals surface area (Å²) >= 11 is 0. The molecule has 156 valence electrons. The molecule has 2 N–H and O–H groups in total. The van der Waals surface area contributed by atoms with Gasteiger partial charge in [-0.3, -0.25) is 9.59 Å². The van der Waals surface area contributed by atoms with Crippen molar-refractivity contribution in [3.63, 3.8) is 0 Å². The fourth-order valence-corrected chi connectivity index (χ4v) is 4.15. The first-order chi connectivity index (χ1) is 13.9. The minimum atomic E-state index is 0.0769. The van der Waals surface area contributed by atoms with E-state index in [4.69, 9.17) is 0 Å². The lowest BCUT2D eigenvalue weighted by Crippen LogP contribution is -2.41. The van der Waals surface area contributed by atoms with Gasteiger partial charge in [0.25, 0.3) is 5.91 Å². The zero-order valence-electron chi connectivity index (χ0n) is 17.8. The maximum atomic E-state index is 12.7. The van der Waals surface area contributed by atoms with Crippen molar-refractivity contribution < 1.29 is 9.59 Å². The Labute approximate surface area is 173 Å². The Morgan fingerprint density at radius 1 is 1.17 bits per heavy atom. The third-order valence-electron chi connectivity index (χ3n) is 5.86. The minimum Gasteiger partial charge on any atom is -0.354 e. The zero-order chi connectivity index (χ0) is 20.8. The van der Waals surface area contributed by atoms with Crippen molar-refractivity contribution in [2.45, 2.75) is 58.9 Å². The molecule has 3 rings (SSSR count). The maximum Gasteiger partial charge on any atom is 0.270 e. The molecule has 0 saturated carbocycles. The highest BCUT2D eigenvalue weighted by Gasteiger charge is 2.26. The van der Waals surface area contributed by atoms with E-state index in [1.165, 1.54) is 5.56 Å². The van der Waals surface area contributed by atoms with Gasteiger partial charge in [0.2, 0.25) is 5.91 Å². The largest absolute Gasteiger partial charge is 0.354 e. The first-order valence-electron chi connectivity index (χ1n) is 10.7. The van der Waals surface area contributed by atoms with Gasteiger partial charge in [-0.25, -0.2) is 0 Å². The highest BCUT2D eigenvalue weighted by atomic mass is 16.2. The Morgan fingerprint density at radius 2 is 1.86 bits per heavy atom. The van der Waals surface area contributed by atoms with Crippen molar-refractivity contribution in [3.05, 3.63) is 58.9 Å². The second-order valence-corrected chi connectivity index (χ2v) is 8.44. The number of H-pyrrole nitrogens is 1. The fourth-order valence-electron chi connectivity index (χ4n) is 4.15. The Balaban J connectivity index is 1.39. The van der Waals surface area contributed by atoms with Crippen LogP contribution in [0.1, 0.15) is 59.9 Å². The standard InChI is InChI=1S/C24H33N3O2/c1-17-15-19(3)26-23(17)24(29)27-13-11-21(12-14-27)16-22(28)25-18(2)9-10-20-7-5-4-6-8-20/h4-8,15,18,21,26H,9-14,16H2,1-3H3,(H,25,28). The molecule has 1 unspecified atom stereocenters. The number of carbonyl (C=O) groups is 2. The second kappa shape index (κ2) is 9.77. The van der Waals surface area contributed by atoms with Crippen molar-refractivity contribution in [3.8, 4) is 0 Å². The number of nitrogens with one attached hydrogen (secondary N) is 2. The van der Waals surface area contributed by atoms with Crippen LogP contribution in [0.5, 0.6) is 0 Å². The van der Waals surface area contributed by atoms with Crippen LogP contribution < -0.4 is 5.32 Å². The Hall–Kier alpha value is -2.56. The van der Waals surface area contributed by atoms with Gasteiger partial charge in [-0.1, -0.05) is 30.3 Å². The van der Waals surface area contributed by atoms with E-state index in [1.54, 1.807) is 0 Å². The number of carbonyl (C=O) groups excluding carboxylic acids is 2. The van der Waals surface area contributed by atoms with Gasteiger partial charge in [0.05, 0.1) is 0 Å². The number of aryl methyl sites for hydroxylation is 3. The number of rotatable bonds is 7. The molecule has 1 fully saturated rings. The van der Waals surface area contributed by atoms with Gasteiger partial charge < -0.3 is 15.2 Å². The predicted octanol–water partition coefficient (Wildman–Crippen LogP) is 4.01. The van der Waals surface area contributed by atoms with Crippen molar-refractivity contribution >= 4 is 11.8 Å². The molecule has 1 aliphatic rings. The van der Waals surface area contributed by atoms with E-state index in [0.717, 1.165) is 50.0 Å². The molecule has 1 saturated heterocycles. The van der Waals surface area contributed by atoms with E-state index in [2.05, 4.69) is 29.4 Å². The zero-order valence-corrected chi connectivity index (χ0v) is 17.8. The van der Waals surface area contributed by atoms with Crippen molar-refractivity contribution in [2.75, 3.05) is 13.1 Å². The van der Waals surface area contributed by atoms with Crippen LogP contribution in [0.3, 0.4) is 0 Å². The first-order valence-corrected chi connectivity index (χ1v) is 10.7. The maximum absolute atomic E-state index is 12.7. The molecule has 0 radical (unpaired) electrons. The topological polar surface area (TPSA) is 65.2 Å². The number of hydrogen-bond donors (Lipinski definition) is 2. The molecule has 0 aliphatic carbocycles. The molecule has 2 amide bonds. The molecule has 1 aliphatic heterocycles. The van der Waals surface area contributed by atoms with Crippen molar-refractivity contribution in [1.82, 2.24) is 15.2 Å². The molecule has 0 spiro atoms. The van der Waals surface area contributed by atoms with E-state index < -0.39 is 0 Å². The third-order valence-corrected chi connectivity index (χ3v) is 5.86. The molecule has 5 nitrogen and oxygen atoms in total. The molecular formula is C24H33N3O2. The smallest absolute Gasteiger partial charge is 0.270 e. The molecule has 1 aromatic carbocycles. The lowest BCUT2D eigenvalue weighted by atomic mass is 9.92. The number of aromatic nitrogens is 1. The summed E-state index contributed by atoms with van der Waals surface area (Å²) in [5, 5.41) is 3.14. The SMILES string of the molecule is Cc1cc(C)c(C(=O)N2CCC(CC(=O)NC(C)CCc3ccccc3)CC2)[nH]1. The number of likely N-dealkylation sites (tertiary alicyclic amines) is 1. The molecule has 29 heavy (non-hydrogen) atoms. The van der Waals surface area contributed by atoms with Gasteiger partial charge in [0.15, 0.2) is 0 Å². The van der Waals surface area contributed by atoms with Crippen LogP contribution in [0.15, 0.2) is 36.4 Å². The Morgan fingerprint density at radius 3 is 2.48 bits per heavy atom. The van der Waals surface area contributed by atoms with Crippen LogP contribution in [0.2, 0.25) is 0 Å². The van der Waals surface area contributed by atoms with E-state index in [0.29, 0.717) is 18.0 Å². The van der Waals surface area contributed by atoms with Crippen LogP contribution in [0.25, 0.3) is 0 Å². The monoisotopic (exact) mass is 395 g/mol. The highest BCUT2D eigenvalue weighted by Crippen LogP contribution is 2.23. The molecule has 0 bridgehead atoms. The molecule has 2 aromatic rings. The number of aromatic amines is 1. The lowest BCUT2D eigenvalue weighted by molar-refractivity contribution is -0.122. The summed E-state index contributed by atoms with van der Waals surface area (Å²) in [5.41, 5.74) is 4.02. The summed E-state index contributed by atoms with van der Waals surface area (Å²) < 4.78 is 0. The molecule has 5 heteroatoms. The summed E-state index contributed by atoms with van der Waals surface area (Å²) in [4.78, 5) is 30.2. The van der Waals surface area contributed by atoms with Crippen LogP contribution in [-0.2, 0) is 11.2 Å². The van der Waals surface area contributed by atoms with E-state index in [1.807, 2.05) is 43.0 Å². The quantitative estimate of drug-likeness (QED) is 0.744. The second-order valence-electron chi connectivity index (χ2n) is 8.44. The van der Waals surface area contributed by atoms with Crippen LogP contribution in [0, 0.1) is 19.8 Å². The average molecular weight is 396 g/mol. The number of hydrogen-bond acceptors (Lipinski definition) is 2.